The minimum Gasteiger partial charge on any atom is -0.372 e. The zero-order chi connectivity index (χ0) is 10.8. The first-order valence-electron chi connectivity index (χ1n) is 4.99. The summed E-state index contributed by atoms with van der Waals surface area (Å²) in [6.45, 7) is 0. The van der Waals surface area contributed by atoms with Gasteiger partial charge >= 0.3 is 0 Å². The Bertz CT molecular complexity index is 358. The second-order valence-electron chi connectivity index (χ2n) is 3.68. The van der Waals surface area contributed by atoms with Gasteiger partial charge in [0.1, 0.15) is 11.5 Å². The third kappa shape index (κ3) is 2.06. The van der Waals surface area contributed by atoms with Crippen LogP contribution in [0.15, 0.2) is 12.4 Å². The van der Waals surface area contributed by atoms with Crippen molar-refractivity contribution in [3.05, 3.63) is 18.1 Å². The van der Waals surface area contributed by atoms with E-state index < -0.39 is 0 Å². The summed E-state index contributed by atoms with van der Waals surface area (Å²) in [6.07, 6.45) is 5.27. The molecule has 5 heteroatoms. The molecule has 0 spiro atoms. The van der Waals surface area contributed by atoms with Crippen LogP contribution in [0.4, 0.5) is 5.82 Å². The zero-order valence-electron chi connectivity index (χ0n) is 8.90. The van der Waals surface area contributed by atoms with Crippen molar-refractivity contribution in [2.75, 3.05) is 19.4 Å². The summed E-state index contributed by atoms with van der Waals surface area (Å²) in [7, 11) is 3.58. The maximum Gasteiger partial charge on any atom is 0.274 e. The standard InChI is InChI=1S/C10H14N4O/c1-11-9-6-12-8(5-13-9)10(15)14(2)7-3-4-7/h5-7H,3-4H2,1-2H3,(H,11,13). The van der Waals surface area contributed by atoms with Gasteiger partial charge in [0, 0.05) is 20.1 Å². The van der Waals surface area contributed by atoms with Crippen molar-refractivity contribution in [3.63, 3.8) is 0 Å². The molecule has 0 aliphatic heterocycles. The first-order chi connectivity index (χ1) is 7.22. The lowest BCUT2D eigenvalue weighted by Gasteiger charge is -2.15. The first kappa shape index (κ1) is 9.89. The summed E-state index contributed by atoms with van der Waals surface area (Å²) in [4.78, 5) is 21.7. The molecule has 0 bridgehead atoms. The monoisotopic (exact) mass is 206 g/mol. The van der Waals surface area contributed by atoms with Gasteiger partial charge in [-0.1, -0.05) is 0 Å². The molecule has 1 aliphatic carbocycles. The van der Waals surface area contributed by atoms with E-state index in [1.165, 1.54) is 6.20 Å². The van der Waals surface area contributed by atoms with Gasteiger partial charge in [0.25, 0.3) is 5.91 Å². The molecule has 1 fully saturated rings. The quantitative estimate of drug-likeness (QED) is 0.793. The van der Waals surface area contributed by atoms with E-state index in [9.17, 15) is 4.79 Å². The summed E-state index contributed by atoms with van der Waals surface area (Å²) < 4.78 is 0. The molecule has 0 saturated heterocycles. The second-order valence-corrected chi connectivity index (χ2v) is 3.68. The largest absolute Gasteiger partial charge is 0.372 e. The highest BCUT2D eigenvalue weighted by atomic mass is 16.2. The Balaban J connectivity index is 2.10. The molecule has 80 valence electrons. The summed E-state index contributed by atoms with van der Waals surface area (Å²) in [5.41, 5.74) is 0.406. The minimum atomic E-state index is -0.0485. The van der Waals surface area contributed by atoms with Crippen molar-refractivity contribution >= 4 is 11.7 Å². The molecule has 15 heavy (non-hydrogen) atoms. The van der Waals surface area contributed by atoms with Gasteiger partial charge in [0.2, 0.25) is 0 Å². The van der Waals surface area contributed by atoms with Crippen LogP contribution in [0.1, 0.15) is 23.3 Å². The van der Waals surface area contributed by atoms with E-state index in [0.29, 0.717) is 17.6 Å². The normalized spacial score (nSPS) is 14.8. The van der Waals surface area contributed by atoms with Crippen molar-refractivity contribution < 1.29 is 4.79 Å². The van der Waals surface area contributed by atoms with E-state index >= 15 is 0 Å². The molecular weight excluding hydrogens is 192 g/mol. The number of aromatic nitrogens is 2. The predicted molar refractivity (Wildman–Crippen MR) is 56.7 cm³/mol. The SMILES string of the molecule is CNc1cnc(C(=O)N(C)C2CC2)cn1. The molecule has 0 unspecified atom stereocenters. The smallest absolute Gasteiger partial charge is 0.274 e. The highest BCUT2D eigenvalue weighted by Gasteiger charge is 2.30. The molecule has 1 saturated carbocycles. The van der Waals surface area contributed by atoms with Crippen molar-refractivity contribution in [1.29, 1.82) is 0 Å². The highest BCUT2D eigenvalue weighted by Crippen LogP contribution is 2.26. The predicted octanol–water partition coefficient (Wildman–Crippen LogP) is 0.753. The Morgan fingerprint density at radius 1 is 1.47 bits per heavy atom. The van der Waals surface area contributed by atoms with Gasteiger partial charge in [-0.15, -0.1) is 0 Å². The first-order valence-corrected chi connectivity index (χ1v) is 4.99. The van der Waals surface area contributed by atoms with Crippen LogP contribution < -0.4 is 5.32 Å². The molecule has 1 amide bonds. The average molecular weight is 206 g/mol. The van der Waals surface area contributed by atoms with Crippen LogP contribution in [0.2, 0.25) is 0 Å². The fourth-order valence-electron chi connectivity index (χ4n) is 1.38. The van der Waals surface area contributed by atoms with Crippen LogP contribution in [-0.4, -0.2) is 40.9 Å². The number of carbonyl (C=O) groups excluding carboxylic acids is 1. The van der Waals surface area contributed by atoms with Crippen molar-refractivity contribution in [2.45, 2.75) is 18.9 Å². The summed E-state index contributed by atoms with van der Waals surface area (Å²) in [5.74, 6) is 0.619. The van der Waals surface area contributed by atoms with Crippen molar-refractivity contribution in [3.8, 4) is 0 Å². The molecule has 0 atom stereocenters. The molecular formula is C10H14N4O. The Hall–Kier alpha value is -1.65. The number of anilines is 1. The lowest BCUT2D eigenvalue weighted by molar-refractivity contribution is 0.0779. The zero-order valence-corrected chi connectivity index (χ0v) is 8.90. The molecule has 0 aromatic carbocycles. The summed E-state index contributed by atoms with van der Waals surface area (Å²) >= 11 is 0. The topological polar surface area (TPSA) is 58.1 Å². The summed E-state index contributed by atoms with van der Waals surface area (Å²) in [6, 6.07) is 0.406. The maximum atomic E-state index is 11.8. The van der Waals surface area contributed by atoms with E-state index in [1.54, 1.807) is 18.1 Å². The molecule has 5 nitrogen and oxygen atoms in total. The number of carbonyl (C=O) groups is 1. The Labute approximate surface area is 88.5 Å². The van der Waals surface area contributed by atoms with E-state index in [-0.39, 0.29) is 5.91 Å². The maximum absolute atomic E-state index is 11.8. The average Bonchev–Trinajstić information content (AvgIpc) is 3.11. The van der Waals surface area contributed by atoms with Crippen LogP contribution in [0, 0.1) is 0 Å². The Morgan fingerprint density at radius 2 is 2.20 bits per heavy atom. The van der Waals surface area contributed by atoms with Crippen LogP contribution >= 0.6 is 0 Å². The van der Waals surface area contributed by atoms with E-state index in [2.05, 4.69) is 15.3 Å². The number of rotatable bonds is 3. The lowest BCUT2D eigenvalue weighted by atomic mass is 10.4. The molecule has 1 aromatic rings. The third-order valence-corrected chi connectivity index (χ3v) is 2.54. The third-order valence-electron chi connectivity index (χ3n) is 2.54. The van der Waals surface area contributed by atoms with Crippen molar-refractivity contribution in [1.82, 2.24) is 14.9 Å². The molecule has 0 radical (unpaired) electrons. The van der Waals surface area contributed by atoms with E-state index in [4.69, 9.17) is 0 Å². The number of nitrogens with zero attached hydrogens (tertiary/aromatic N) is 3. The summed E-state index contributed by atoms with van der Waals surface area (Å²) in [5, 5.41) is 2.86. The fraction of sp³-hybridized carbons (Fsp3) is 0.500. The van der Waals surface area contributed by atoms with Gasteiger partial charge in [-0.25, -0.2) is 9.97 Å². The van der Waals surface area contributed by atoms with Crippen LogP contribution in [0.3, 0.4) is 0 Å². The van der Waals surface area contributed by atoms with Gasteiger partial charge in [-0.05, 0) is 12.8 Å². The van der Waals surface area contributed by atoms with E-state index in [1.807, 2.05) is 7.05 Å². The molecule has 1 aromatic heterocycles. The highest BCUT2D eigenvalue weighted by molar-refractivity contribution is 5.92. The minimum absolute atomic E-state index is 0.0485. The second kappa shape index (κ2) is 3.84. The van der Waals surface area contributed by atoms with Gasteiger partial charge in [-0.2, -0.15) is 0 Å². The van der Waals surface area contributed by atoms with Gasteiger partial charge in [-0.3, -0.25) is 4.79 Å². The molecule has 1 aliphatic rings. The van der Waals surface area contributed by atoms with Crippen LogP contribution in [0.5, 0.6) is 0 Å². The van der Waals surface area contributed by atoms with Crippen molar-refractivity contribution in [2.24, 2.45) is 0 Å². The fourth-order valence-corrected chi connectivity index (χ4v) is 1.38. The number of nitrogens with one attached hydrogen (secondary N) is 1. The van der Waals surface area contributed by atoms with Gasteiger partial charge in [0.15, 0.2) is 0 Å². The van der Waals surface area contributed by atoms with Gasteiger partial charge < -0.3 is 10.2 Å². The Morgan fingerprint density at radius 3 is 2.67 bits per heavy atom. The molecule has 1 N–H and O–H groups in total. The number of hydrogen-bond donors (Lipinski definition) is 1. The molecule has 1 heterocycles. The lowest BCUT2D eigenvalue weighted by Crippen LogP contribution is -2.29. The van der Waals surface area contributed by atoms with Crippen LogP contribution in [0.25, 0.3) is 0 Å². The van der Waals surface area contributed by atoms with Gasteiger partial charge in [0.05, 0.1) is 12.4 Å². The van der Waals surface area contributed by atoms with E-state index in [0.717, 1.165) is 12.8 Å². The number of hydrogen-bond acceptors (Lipinski definition) is 4. The Kier molecular flexibility index (Phi) is 2.53. The molecule has 2 rings (SSSR count). The number of amides is 1. The van der Waals surface area contributed by atoms with Crippen LogP contribution in [-0.2, 0) is 0 Å².